The maximum atomic E-state index is 9.44. The first kappa shape index (κ1) is 49.9. The fraction of sp³-hybridized carbons (Fsp3) is 0.400. The van der Waals surface area contributed by atoms with Gasteiger partial charge >= 0.3 is 0 Å². The number of carboxylic acid groups (broad SMARTS) is 1. The predicted octanol–water partition coefficient (Wildman–Crippen LogP) is 7.05. The van der Waals surface area contributed by atoms with Gasteiger partial charge in [-0.15, -0.1) is 0 Å². The summed E-state index contributed by atoms with van der Waals surface area (Å²) in [5.74, 6) is 3.39. The molecule has 0 unspecified atom stereocenters. The minimum atomic E-state index is -0.833. The molecule has 0 aliphatic carbocycles. The highest BCUT2D eigenvalue weighted by atomic mass is 35.5. The number of carbonyl (C=O) groups is 3. The van der Waals surface area contributed by atoms with E-state index in [1.165, 1.54) is 27.7 Å². The van der Waals surface area contributed by atoms with Gasteiger partial charge in [0.25, 0.3) is 5.97 Å². The van der Waals surface area contributed by atoms with Gasteiger partial charge in [0.2, 0.25) is 0 Å². The first-order valence-electron chi connectivity index (χ1n) is 14.5. The molecule has 0 aromatic carbocycles. The SMILES string of the molecule is C.C.C.CC(=O)O.CC(C)=O.CC(C)=O.Cc1nc(C)n2ccnc(Cl)c12.Cc1nc(C)n2ccnc(N)c12.Cc1nc(C)n2ccnc(N)c12. The van der Waals surface area contributed by atoms with Crippen molar-refractivity contribution in [2.75, 3.05) is 11.5 Å². The van der Waals surface area contributed by atoms with Gasteiger partial charge in [0.1, 0.15) is 57.2 Å². The van der Waals surface area contributed by atoms with Gasteiger partial charge in [-0.05, 0) is 69.2 Å². The van der Waals surface area contributed by atoms with Crippen LogP contribution in [0.1, 0.15) is 91.5 Å². The van der Waals surface area contributed by atoms with Gasteiger partial charge in [-0.2, -0.15) is 0 Å². The number of carbonyl (C=O) groups excluding carboxylic acids is 2. The van der Waals surface area contributed by atoms with Crippen molar-refractivity contribution in [3.8, 4) is 0 Å². The second-order valence-corrected chi connectivity index (χ2v) is 10.9. The van der Waals surface area contributed by atoms with Gasteiger partial charge in [-0.1, -0.05) is 33.9 Å². The standard InChI is InChI=1S/C8H8ClN3.2C8H10N4.2C3H6O.C2H4O2.3CH4/c3*1-5-7-8(9)10-3-4-12(7)6(2)11-5;2*1-3(2)4;1-2(3)4;;;/h3-4H,1-2H3;2*3-4H,1-2H3,(H2,9,10);2*1-2H3;1H3,(H,3,4);3*1H4. The van der Waals surface area contributed by atoms with Crippen molar-refractivity contribution in [3.63, 3.8) is 0 Å². The second-order valence-electron chi connectivity index (χ2n) is 10.6. The molecular weight excluding hydrogens is 674 g/mol. The minimum absolute atomic E-state index is 0. The van der Waals surface area contributed by atoms with Gasteiger partial charge in [0.05, 0.1) is 17.1 Å². The van der Waals surface area contributed by atoms with Crippen LogP contribution in [0.5, 0.6) is 0 Å². The van der Waals surface area contributed by atoms with Crippen molar-refractivity contribution in [3.05, 3.63) is 76.9 Å². The molecule has 15 nitrogen and oxygen atoms in total. The zero-order chi connectivity index (χ0) is 36.9. The molecule has 282 valence electrons. The van der Waals surface area contributed by atoms with Gasteiger partial charge < -0.3 is 26.2 Å². The van der Waals surface area contributed by atoms with Crippen molar-refractivity contribution < 1.29 is 19.5 Å². The number of Topliss-reactive ketones (excluding diaryl/α,β-unsaturated/α-hetero) is 2. The molecule has 0 aliphatic heterocycles. The van der Waals surface area contributed by atoms with Crippen LogP contribution in [0.15, 0.2) is 37.2 Å². The Labute approximate surface area is 306 Å². The van der Waals surface area contributed by atoms with E-state index in [0.29, 0.717) is 16.8 Å². The summed E-state index contributed by atoms with van der Waals surface area (Å²) in [5.41, 5.74) is 16.9. The molecule has 0 radical (unpaired) electrons. The number of rotatable bonds is 0. The fourth-order valence-electron chi connectivity index (χ4n) is 4.18. The number of nitrogen functional groups attached to an aromatic ring is 2. The summed E-state index contributed by atoms with van der Waals surface area (Å²) in [7, 11) is 0. The topological polar surface area (TPSA) is 214 Å². The van der Waals surface area contributed by atoms with E-state index in [2.05, 4.69) is 29.9 Å². The van der Waals surface area contributed by atoms with Crippen molar-refractivity contribution in [1.82, 2.24) is 43.1 Å². The smallest absolute Gasteiger partial charge is 0.300 e. The average molecular weight is 730 g/mol. The maximum absolute atomic E-state index is 9.44. The number of hydrogen-bond donors (Lipinski definition) is 3. The number of aliphatic carboxylic acids is 1. The summed E-state index contributed by atoms with van der Waals surface area (Å²) in [6.07, 6.45) is 10.6. The second kappa shape index (κ2) is 23.1. The van der Waals surface area contributed by atoms with E-state index < -0.39 is 5.97 Å². The van der Waals surface area contributed by atoms with E-state index in [1.54, 1.807) is 18.6 Å². The zero-order valence-corrected chi connectivity index (χ0v) is 29.9. The number of nitrogens with zero attached hydrogens (tertiary/aromatic N) is 9. The molecule has 0 aliphatic rings. The minimum Gasteiger partial charge on any atom is -0.481 e. The van der Waals surface area contributed by atoms with Crippen LogP contribution in [0.2, 0.25) is 5.15 Å². The number of aromatic nitrogens is 9. The molecule has 0 fully saturated rings. The van der Waals surface area contributed by atoms with E-state index in [4.69, 9.17) is 33.0 Å². The number of carboxylic acids is 1. The lowest BCUT2D eigenvalue weighted by Crippen LogP contribution is -1.95. The Morgan fingerprint density at radius 3 is 1.06 bits per heavy atom. The summed E-state index contributed by atoms with van der Waals surface area (Å²) < 4.78 is 5.82. The molecule has 0 atom stereocenters. The normalized spacial score (nSPS) is 9.18. The number of halogens is 1. The van der Waals surface area contributed by atoms with Gasteiger partial charge in [0, 0.05) is 44.1 Å². The van der Waals surface area contributed by atoms with Gasteiger partial charge in [0.15, 0.2) is 5.15 Å². The van der Waals surface area contributed by atoms with E-state index in [9.17, 15) is 9.59 Å². The number of anilines is 2. The molecule has 0 spiro atoms. The van der Waals surface area contributed by atoms with Gasteiger partial charge in [-0.25, -0.2) is 29.9 Å². The van der Waals surface area contributed by atoms with E-state index >= 15 is 0 Å². The maximum Gasteiger partial charge on any atom is 0.300 e. The Hall–Kier alpha value is -5.44. The Morgan fingerprint density at radius 2 is 0.804 bits per heavy atom. The van der Waals surface area contributed by atoms with E-state index in [1.807, 2.05) is 73.3 Å². The summed E-state index contributed by atoms with van der Waals surface area (Å²) in [4.78, 5) is 52.7. The lowest BCUT2D eigenvalue weighted by atomic mass is 10.4. The number of imidazole rings is 3. The van der Waals surface area contributed by atoms with Crippen molar-refractivity contribution in [1.29, 1.82) is 0 Å². The third-order valence-electron chi connectivity index (χ3n) is 5.73. The molecule has 0 saturated heterocycles. The highest BCUT2D eigenvalue weighted by Gasteiger charge is 2.08. The van der Waals surface area contributed by atoms with Crippen LogP contribution < -0.4 is 11.5 Å². The van der Waals surface area contributed by atoms with E-state index in [-0.39, 0.29) is 33.8 Å². The van der Waals surface area contributed by atoms with Crippen molar-refractivity contribution in [2.24, 2.45) is 0 Å². The predicted molar refractivity (Wildman–Crippen MR) is 207 cm³/mol. The first-order valence-corrected chi connectivity index (χ1v) is 14.9. The lowest BCUT2D eigenvalue weighted by Gasteiger charge is -1.97. The number of aryl methyl sites for hydroxylation is 6. The molecule has 6 aromatic heterocycles. The van der Waals surface area contributed by atoms with Crippen LogP contribution >= 0.6 is 11.6 Å². The van der Waals surface area contributed by atoms with Crippen molar-refractivity contribution >= 4 is 57.3 Å². The highest BCUT2D eigenvalue weighted by molar-refractivity contribution is 6.32. The molecule has 6 rings (SSSR count). The molecular formula is C35H56ClN11O4. The Balaban J connectivity index is -0.000000572. The van der Waals surface area contributed by atoms with Crippen LogP contribution in [-0.4, -0.2) is 65.7 Å². The van der Waals surface area contributed by atoms with Crippen LogP contribution in [0.4, 0.5) is 11.6 Å². The molecule has 51 heavy (non-hydrogen) atoms. The third kappa shape index (κ3) is 15.3. The summed E-state index contributed by atoms with van der Waals surface area (Å²) in [6.45, 7) is 18.8. The summed E-state index contributed by atoms with van der Waals surface area (Å²) in [5, 5.41) is 7.93. The van der Waals surface area contributed by atoms with Crippen LogP contribution in [0.3, 0.4) is 0 Å². The van der Waals surface area contributed by atoms with E-state index in [0.717, 1.165) is 58.0 Å². The number of fused-ring (bicyclic) bond motifs is 3. The quantitative estimate of drug-likeness (QED) is 0.143. The Bertz CT molecular complexity index is 1770. The monoisotopic (exact) mass is 729 g/mol. The molecule has 6 heterocycles. The largest absolute Gasteiger partial charge is 0.481 e. The van der Waals surface area contributed by atoms with Crippen LogP contribution in [0, 0.1) is 41.5 Å². The Morgan fingerprint density at radius 1 is 0.569 bits per heavy atom. The average Bonchev–Trinajstić information content (AvgIpc) is 3.54. The fourth-order valence-corrected chi connectivity index (χ4v) is 4.46. The van der Waals surface area contributed by atoms with Gasteiger partial charge in [-0.3, -0.25) is 18.0 Å². The third-order valence-corrected chi connectivity index (χ3v) is 6.00. The molecule has 6 aromatic rings. The van der Waals surface area contributed by atoms with Crippen LogP contribution in [0.25, 0.3) is 16.6 Å². The molecule has 0 amide bonds. The lowest BCUT2D eigenvalue weighted by molar-refractivity contribution is -0.134. The number of nitrogens with two attached hydrogens (primary N) is 2. The number of ketones is 2. The number of hydrogen-bond acceptors (Lipinski definition) is 11. The molecule has 16 heteroatoms. The highest BCUT2D eigenvalue weighted by Crippen LogP contribution is 2.19. The zero-order valence-electron chi connectivity index (χ0n) is 29.2. The summed E-state index contributed by atoms with van der Waals surface area (Å²) in [6, 6.07) is 0. The molecule has 0 bridgehead atoms. The van der Waals surface area contributed by atoms with Crippen molar-refractivity contribution in [2.45, 2.75) is 98.4 Å². The molecule has 5 N–H and O–H groups in total. The first-order chi connectivity index (χ1) is 22.3. The summed E-state index contributed by atoms with van der Waals surface area (Å²) >= 11 is 5.90. The van der Waals surface area contributed by atoms with Crippen LogP contribution in [-0.2, 0) is 14.4 Å². The Kier molecular flexibility index (Phi) is 22.6. The molecule has 0 saturated carbocycles.